The SMILES string of the molecule is COc1cc(CNNc2ccccc2)c(Br)cc1OCC(=O)NCc1ccccc1. The minimum absolute atomic E-state index is 0.0945. The van der Waals surface area contributed by atoms with Crippen molar-refractivity contribution in [2.24, 2.45) is 0 Å². The number of nitrogens with one attached hydrogen (secondary N) is 3. The fraction of sp³-hybridized carbons (Fsp3) is 0.174. The standard InChI is InChI=1S/C23H24BrN3O3/c1-29-21-12-18(15-26-27-19-10-6-3-7-11-19)20(24)13-22(21)30-16-23(28)25-14-17-8-4-2-5-9-17/h2-13,26-27H,14-16H2,1H3,(H,25,28). The molecule has 156 valence electrons. The van der Waals surface area contributed by atoms with Crippen LogP contribution in [0.3, 0.4) is 0 Å². The Labute approximate surface area is 184 Å². The maximum atomic E-state index is 12.1. The summed E-state index contributed by atoms with van der Waals surface area (Å²) in [5, 5.41) is 2.84. The van der Waals surface area contributed by atoms with Gasteiger partial charge in [0.05, 0.1) is 7.11 Å². The van der Waals surface area contributed by atoms with Gasteiger partial charge in [0.15, 0.2) is 18.1 Å². The van der Waals surface area contributed by atoms with E-state index in [1.165, 1.54) is 0 Å². The van der Waals surface area contributed by atoms with E-state index in [1.54, 1.807) is 7.11 Å². The van der Waals surface area contributed by atoms with E-state index in [-0.39, 0.29) is 12.5 Å². The monoisotopic (exact) mass is 469 g/mol. The molecule has 3 rings (SSSR count). The Morgan fingerprint density at radius 1 is 0.933 bits per heavy atom. The number of carbonyl (C=O) groups is 1. The number of para-hydroxylation sites is 1. The normalized spacial score (nSPS) is 10.3. The van der Waals surface area contributed by atoms with Crippen LogP contribution in [0.5, 0.6) is 11.5 Å². The molecule has 0 fully saturated rings. The van der Waals surface area contributed by atoms with Crippen LogP contribution >= 0.6 is 15.9 Å². The van der Waals surface area contributed by atoms with Crippen molar-refractivity contribution in [3.05, 3.63) is 88.4 Å². The van der Waals surface area contributed by atoms with Gasteiger partial charge in [-0.05, 0) is 35.4 Å². The highest BCUT2D eigenvalue weighted by molar-refractivity contribution is 9.10. The lowest BCUT2D eigenvalue weighted by Crippen LogP contribution is -2.28. The molecule has 0 aromatic heterocycles. The second-order valence-corrected chi connectivity index (χ2v) is 7.34. The van der Waals surface area contributed by atoms with E-state index in [4.69, 9.17) is 9.47 Å². The summed E-state index contributed by atoms with van der Waals surface area (Å²) in [6, 6.07) is 23.3. The van der Waals surface area contributed by atoms with Crippen molar-refractivity contribution in [1.82, 2.24) is 10.7 Å². The number of anilines is 1. The minimum atomic E-state index is -0.199. The zero-order valence-corrected chi connectivity index (χ0v) is 18.2. The van der Waals surface area contributed by atoms with Gasteiger partial charge < -0.3 is 20.2 Å². The van der Waals surface area contributed by atoms with Crippen LogP contribution in [-0.4, -0.2) is 19.6 Å². The van der Waals surface area contributed by atoms with Crippen molar-refractivity contribution >= 4 is 27.5 Å². The number of ether oxygens (including phenoxy) is 2. The van der Waals surface area contributed by atoms with Crippen LogP contribution < -0.4 is 25.6 Å². The van der Waals surface area contributed by atoms with Crippen molar-refractivity contribution in [1.29, 1.82) is 0 Å². The Balaban J connectivity index is 1.53. The predicted octanol–water partition coefficient (Wildman–Crippen LogP) is 4.27. The number of amides is 1. The summed E-state index contributed by atoms with van der Waals surface area (Å²) in [6.45, 7) is 0.926. The third-order valence-corrected chi connectivity index (χ3v) is 5.05. The molecular formula is C23H24BrN3O3. The number of hydrogen-bond donors (Lipinski definition) is 3. The van der Waals surface area contributed by atoms with Crippen LogP contribution in [0, 0.1) is 0 Å². The molecule has 0 aliphatic rings. The highest BCUT2D eigenvalue weighted by Crippen LogP contribution is 2.33. The fourth-order valence-electron chi connectivity index (χ4n) is 2.74. The van der Waals surface area contributed by atoms with Gasteiger partial charge in [-0.25, -0.2) is 5.43 Å². The van der Waals surface area contributed by atoms with Crippen LogP contribution in [0.1, 0.15) is 11.1 Å². The largest absolute Gasteiger partial charge is 0.493 e. The maximum Gasteiger partial charge on any atom is 0.258 e. The average molecular weight is 470 g/mol. The third kappa shape index (κ3) is 6.50. The van der Waals surface area contributed by atoms with Gasteiger partial charge in [-0.1, -0.05) is 64.5 Å². The van der Waals surface area contributed by atoms with Crippen molar-refractivity contribution in [3.8, 4) is 11.5 Å². The Morgan fingerprint density at radius 3 is 2.33 bits per heavy atom. The van der Waals surface area contributed by atoms with E-state index >= 15 is 0 Å². The highest BCUT2D eigenvalue weighted by atomic mass is 79.9. The first-order chi connectivity index (χ1) is 14.7. The van der Waals surface area contributed by atoms with Gasteiger partial charge in [0.25, 0.3) is 5.91 Å². The Kier molecular flexibility index (Phi) is 8.11. The summed E-state index contributed by atoms with van der Waals surface area (Å²) >= 11 is 3.56. The van der Waals surface area contributed by atoms with Crippen LogP contribution in [-0.2, 0) is 17.9 Å². The molecule has 0 spiro atoms. The summed E-state index contributed by atoms with van der Waals surface area (Å²) in [5.74, 6) is 0.861. The smallest absolute Gasteiger partial charge is 0.258 e. The van der Waals surface area contributed by atoms with Crippen molar-refractivity contribution < 1.29 is 14.3 Å². The first kappa shape index (κ1) is 21.7. The van der Waals surface area contributed by atoms with Gasteiger partial charge in [0, 0.05) is 23.2 Å². The number of hydrogen-bond acceptors (Lipinski definition) is 5. The van der Waals surface area contributed by atoms with E-state index in [0.29, 0.717) is 24.6 Å². The molecule has 0 heterocycles. The van der Waals surface area contributed by atoms with Crippen molar-refractivity contribution in [2.45, 2.75) is 13.1 Å². The fourth-order valence-corrected chi connectivity index (χ4v) is 3.20. The molecule has 1 amide bonds. The molecule has 0 aliphatic heterocycles. The number of halogens is 1. The maximum absolute atomic E-state index is 12.1. The summed E-state index contributed by atoms with van der Waals surface area (Å²) in [7, 11) is 1.57. The van der Waals surface area contributed by atoms with E-state index in [1.807, 2.05) is 72.8 Å². The molecule has 0 radical (unpaired) electrons. The zero-order chi connectivity index (χ0) is 21.2. The van der Waals surface area contributed by atoms with E-state index in [2.05, 4.69) is 32.1 Å². The molecule has 0 unspecified atom stereocenters. The predicted molar refractivity (Wildman–Crippen MR) is 121 cm³/mol. The Bertz CT molecular complexity index is 953. The number of hydrazine groups is 1. The average Bonchev–Trinajstić information content (AvgIpc) is 2.78. The minimum Gasteiger partial charge on any atom is -0.493 e. The van der Waals surface area contributed by atoms with Crippen LogP contribution in [0.2, 0.25) is 0 Å². The second kappa shape index (κ2) is 11.2. The van der Waals surface area contributed by atoms with Crippen LogP contribution in [0.15, 0.2) is 77.3 Å². The van der Waals surface area contributed by atoms with Crippen molar-refractivity contribution in [3.63, 3.8) is 0 Å². The molecule has 3 aromatic carbocycles. The van der Waals surface area contributed by atoms with Gasteiger partial charge in [0.2, 0.25) is 0 Å². The molecule has 3 N–H and O–H groups in total. The lowest BCUT2D eigenvalue weighted by Gasteiger charge is -2.15. The number of benzene rings is 3. The topological polar surface area (TPSA) is 71.6 Å². The molecule has 0 saturated carbocycles. The van der Waals surface area contributed by atoms with Crippen LogP contribution in [0.4, 0.5) is 5.69 Å². The molecule has 0 bridgehead atoms. The molecule has 30 heavy (non-hydrogen) atoms. The van der Waals surface area contributed by atoms with E-state index in [0.717, 1.165) is 21.3 Å². The summed E-state index contributed by atoms with van der Waals surface area (Å²) in [4.78, 5) is 12.1. The molecule has 3 aromatic rings. The lowest BCUT2D eigenvalue weighted by atomic mass is 10.2. The molecule has 0 atom stereocenters. The Morgan fingerprint density at radius 2 is 1.63 bits per heavy atom. The summed E-state index contributed by atoms with van der Waals surface area (Å²) in [6.07, 6.45) is 0. The highest BCUT2D eigenvalue weighted by Gasteiger charge is 2.12. The van der Waals surface area contributed by atoms with Gasteiger partial charge in [-0.3, -0.25) is 4.79 Å². The molecule has 7 heteroatoms. The van der Waals surface area contributed by atoms with Gasteiger partial charge in [-0.2, -0.15) is 0 Å². The molecule has 0 aliphatic carbocycles. The summed E-state index contributed by atoms with van der Waals surface area (Å²) in [5.41, 5.74) is 9.31. The number of methoxy groups -OCH3 is 1. The quantitative estimate of drug-likeness (QED) is 0.386. The van der Waals surface area contributed by atoms with E-state index < -0.39 is 0 Å². The second-order valence-electron chi connectivity index (χ2n) is 6.49. The van der Waals surface area contributed by atoms with Crippen molar-refractivity contribution in [2.75, 3.05) is 19.1 Å². The van der Waals surface area contributed by atoms with Gasteiger partial charge in [-0.15, -0.1) is 0 Å². The molecular weight excluding hydrogens is 446 g/mol. The first-order valence-electron chi connectivity index (χ1n) is 9.49. The lowest BCUT2D eigenvalue weighted by molar-refractivity contribution is -0.123. The van der Waals surface area contributed by atoms with E-state index in [9.17, 15) is 4.79 Å². The molecule has 6 nitrogen and oxygen atoms in total. The number of rotatable bonds is 10. The number of carbonyl (C=O) groups excluding carboxylic acids is 1. The first-order valence-corrected chi connectivity index (χ1v) is 10.3. The Hall–Kier alpha value is -3.03. The van der Waals surface area contributed by atoms with Crippen LogP contribution in [0.25, 0.3) is 0 Å². The molecule has 0 saturated heterocycles. The third-order valence-electron chi connectivity index (χ3n) is 4.31. The van der Waals surface area contributed by atoms with Gasteiger partial charge >= 0.3 is 0 Å². The summed E-state index contributed by atoms with van der Waals surface area (Å²) < 4.78 is 12.0. The zero-order valence-electron chi connectivity index (χ0n) is 16.7. The van der Waals surface area contributed by atoms with Gasteiger partial charge in [0.1, 0.15) is 0 Å².